The molecule has 0 aliphatic rings. The first-order valence-electron chi connectivity index (χ1n) is 4.61. The van der Waals surface area contributed by atoms with Crippen molar-refractivity contribution >= 4 is 0 Å². The Bertz CT molecular complexity index is 78.9. The van der Waals surface area contributed by atoms with E-state index in [4.69, 9.17) is 4.74 Å². The molecule has 1 unspecified atom stereocenters. The van der Waals surface area contributed by atoms with Gasteiger partial charge in [0.25, 0.3) is 0 Å². The van der Waals surface area contributed by atoms with Crippen molar-refractivity contribution in [3.8, 4) is 0 Å². The second kappa shape index (κ2) is 6.66. The highest BCUT2D eigenvalue weighted by Gasteiger charge is 2.05. The van der Waals surface area contributed by atoms with Crippen LogP contribution >= 0.6 is 0 Å². The van der Waals surface area contributed by atoms with Crippen molar-refractivity contribution < 1.29 is 4.74 Å². The van der Waals surface area contributed by atoms with Gasteiger partial charge in [-0.25, -0.2) is 0 Å². The third-order valence-electron chi connectivity index (χ3n) is 1.65. The summed E-state index contributed by atoms with van der Waals surface area (Å²) >= 11 is 0. The highest BCUT2D eigenvalue weighted by molar-refractivity contribution is 4.57. The van der Waals surface area contributed by atoms with Crippen molar-refractivity contribution in [1.82, 2.24) is 0 Å². The zero-order valence-corrected chi connectivity index (χ0v) is 8.10. The standard InChI is InChI=1S/C10H21O/c1-5-7-10(6-2)11-8-9(3)4/h9-10H,1,5-8H2,2-4H3. The quantitative estimate of drug-likeness (QED) is 0.576. The maximum Gasteiger partial charge on any atom is 0.0572 e. The summed E-state index contributed by atoms with van der Waals surface area (Å²) in [6.45, 7) is 11.2. The third kappa shape index (κ3) is 6.36. The van der Waals surface area contributed by atoms with Gasteiger partial charge in [-0.2, -0.15) is 0 Å². The van der Waals surface area contributed by atoms with Gasteiger partial charge in [0.05, 0.1) is 6.10 Å². The number of rotatable bonds is 6. The summed E-state index contributed by atoms with van der Waals surface area (Å²) in [7, 11) is 0. The smallest absolute Gasteiger partial charge is 0.0572 e. The van der Waals surface area contributed by atoms with Crippen LogP contribution in [0.25, 0.3) is 0 Å². The molecule has 1 atom stereocenters. The average Bonchev–Trinajstić information content (AvgIpc) is 1.97. The second-order valence-corrected chi connectivity index (χ2v) is 3.40. The van der Waals surface area contributed by atoms with Crippen LogP contribution in [-0.4, -0.2) is 12.7 Å². The Morgan fingerprint density at radius 3 is 2.36 bits per heavy atom. The van der Waals surface area contributed by atoms with Crippen molar-refractivity contribution in [2.24, 2.45) is 5.92 Å². The zero-order chi connectivity index (χ0) is 8.69. The molecule has 11 heavy (non-hydrogen) atoms. The van der Waals surface area contributed by atoms with E-state index in [0.717, 1.165) is 25.9 Å². The number of hydrogen-bond acceptors (Lipinski definition) is 1. The summed E-state index contributed by atoms with van der Waals surface area (Å²) in [4.78, 5) is 0. The minimum absolute atomic E-state index is 0.440. The van der Waals surface area contributed by atoms with Gasteiger partial charge in [0, 0.05) is 6.61 Å². The highest BCUT2D eigenvalue weighted by Crippen LogP contribution is 2.07. The monoisotopic (exact) mass is 157 g/mol. The number of hydrogen-bond donors (Lipinski definition) is 0. The fraction of sp³-hybridized carbons (Fsp3) is 0.900. The van der Waals surface area contributed by atoms with Crippen LogP contribution in [0.15, 0.2) is 0 Å². The normalized spacial score (nSPS) is 13.9. The first kappa shape index (κ1) is 11.0. The summed E-state index contributed by atoms with van der Waals surface area (Å²) < 4.78 is 5.65. The fourth-order valence-corrected chi connectivity index (χ4v) is 0.962. The first-order valence-corrected chi connectivity index (χ1v) is 4.61. The van der Waals surface area contributed by atoms with Gasteiger partial charge < -0.3 is 4.74 Å². The van der Waals surface area contributed by atoms with Gasteiger partial charge in [0.15, 0.2) is 0 Å². The van der Waals surface area contributed by atoms with Crippen LogP contribution in [0.5, 0.6) is 0 Å². The van der Waals surface area contributed by atoms with E-state index in [-0.39, 0.29) is 0 Å². The fourth-order valence-electron chi connectivity index (χ4n) is 0.962. The topological polar surface area (TPSA) is 9.23 Å². The lowest BCUT2D eigenvalue weighted by Gasteiger charge is -2.16. The van der Waals surface area contributed by atoms with Crippen molar-refractivity contribution in [1.29, 1.82) is 0 Å². The molecule has 0 aliphatic carbocycles. The van der Waals surface area contributed by atoms with Crippen molar-refractivity contribution in [2.75, 3.05) is 6.61 Å². The van der Waals surface area contributed by atoms with E-state index in [9.17, 15) is 0 Å². The summed E-state index contributed by atoms with van der Waals surface area (Å²) in [5.74, 6) is 0.647. The Hall–Kier alpha value is -0.0400. The van der Waals surface area contributed by atoms with E-state index in [2.05, 4.69) is 27.7 Å². The Kier molecular flexibility index (Phi) is 6.63. The molecule has 0 saturated heterocycles. The average molecular weight is 157 g/mol. The second-order valence-electron chi connectivity index (χ2n) is 3.40. The molecule has 0 aromatic carbocycles. The molecular formula is C10H21O. The van der Waals surface area contributed by atoms with Crippen LogP contribution in [-0.2, 0) is 4.74 Å². The molecule has 0 aromatic rings. The molecule has 0 fully saturated rings. The zero-order valence-electron chi connectivity index (χ0n) is 8.10. The summed E-state index contributed by atoms with van der Waals surface area (Å²) in [5, 5.41) is 0. The molecule has 0 aliphatic heterocycles. The Balaban J connectivity index is 3.35. The predicted octanol–water partition coefficient (Wildman–Crippen LogP) is 3.05. The molecule has 0 amide bonds. The lowest BCUT2D eigenvalue weighted by Crippen LogP contribution is -2.14. The molecule has 0 spiro atoms. The first-order chi connectivity index (χ1) is 5.20. The SMILES string of the molecule is [CH2]CCC(CC)OCC(C)C. The van der Waals surface area contributed by atoms with Gasteiger partial charge in [-0.1, -0.05) is 34.1 Å². The van der Waals surface area contributed by atoms with Crippen LogP contribution in [0.2, 0.25) is 0 Å². The largest absolute Gasteiger partial charge is 0.378 e. The van der Waals surface area contributed by atoms with E-state index >= 15 is 0 Å². The van der Waals surface area contributed by atoms with Crippen LogP contribution in [0.3, 0.4) is 0 Å². The molecule has 0 aromatic heterocycles. The van der Waals surface area contributed by atoms with Crippen molar-refractivity contribution in [3.05, 3.63) is 6.92 Å². The molecular weight excluding hydrogens is 136 g/mol. The van der Waals surface area contributed by atoms with E-state index < -0.39 is 0 Å². The Morgan fingerprint density at radius 2 is 2.00 bits per heavy atom. The molecule has 0 saturated carbocycles. The van der Waals surface area contributed by atoms with E-state index in [0.29, 0.717) is 12.0 Å². The molecule has 1 radical (unpaired) electrons. The molecule has 1 heteroatoms. The van der Waals surface area contributed by atoms with Crippen molar-refractivity contribution in [2.45, 2.75) is 46.1 Å². The van der Waals surface area contributed by atoms with Crippen LogP contribution in [0, 0.1) is 12.8 Å². The maximum absolute atomic E-state index is 5.65. The van der Waals surface area contributed by atoms with Gasteiger partial charge in [-0.15, -0.1) is 0 Å². The Labute approximate surface area is 71.1 Å². The lowest BCUT2D eigenvalue weighted by molar-refractivity contribution is 0.0290. The minimum Gasteiger partial charge on any atom is -0.378 e. The van der Waals surface area contributed by atoms with E-state index in [1.807, 2.05) is 0 Å². The summed E-state index contributed by atoms with van der Waals surface area (Å²) in [5.41, 5.74) is 0. The Morgan fingerprint density at radius 1 is 1.36 bits per heavy atom. The molecule has 1 nitrogen and oxygen atoms in total. The van der Waals surface area contributed by atoms with Gasteiger partial charge in [-0.3, -0.25) is 0 Å². The van der Waals surface area contributed by atoms with Crippen LogP contribution in [0.1, 0.15) is 40.0 Å². The summed E-state index contributed by atoms with van der Waals surface area (Å²) in [6, 6.07) is 0. The predicted molar refractivity (Wildman–Crippen MR) is 49.5 cm³/mol. The van der Waals surface area contributed by atoms with Gasteiger partial charge >= 0.3 is 0 Å². The molecule has 0 bridgehead atoms. The molecule has 0 heterocycles. The van der Waals surface area contributed by atoms with Crippen molar-refractivity contribution in [3.63, 3.8) is 0 Å². The maximum atomic E-state index is 5.65. The third-order valence-corrected chi connectivity index (χ3v) is 1.65. The van der Waals surface area contributed by atoms with E-state index in [1.54, 1.807) is 0 Å². The van der Waals surface area contributed by atoms with E-state index in [1.165, 1.54) is 0 Å². The van der Waals surface area contributed by atoms with Crippen LogP contribution < -0.4 is 0 Å². The molecule has 0 N–H and O–H groups in total. The number of ether oxygens (including phenoxy) is 1. The van der Waals surface area contributed by atoms with Gasteiger partial charge in [0.1, 0.15) is 0 Å². The minimum atomic E-state index is 0.440. The highest BCUT2D eigenvalue weighted by atomic mass is 16.5. The lowest BCUT2D eigenvalue weighted by atomic mass is 10.1. The van der Waals surface area contributed by atoms with Gasteiger partial charge in [-0.05, 0) is 18.8 Å². The van der Waals surface area contributed by atoms with Gasteiger partial charge in [0.2, 0.25) is 0 Å². The molecule has 0 rings (SSSR count). The van der Waals surface area contributed by atoms with Crippen LogP contribution in [0.4, 0.5) is 0 Å². The summed E-state index contributed by atoms with van der Waals surface area (Å²) in [6.07, 6.45) is 3.64. The molecule has 67 valence electrons.